The van der Waals surface area contributed by atoms with Crippen molar-refractivity contribution in [3.05, 3.63) is 40.9 Å². The van der Waals surface area contributed by atoms with Gasteiger partial charge in [-0.1, -0.05) is 35.9 Å². The molecule has 0 heterocycles. The van der Waals surface area contributed by atoms with E-state index >= 15 is 0 Å². The third-order valence-electron chi connectivity index (χ3n) is 1.84. The Morgan fingerprint density at radius 3 is 2.93 bits per heavy atom. The zero-order valence-corrected chi connectivity index (χ0v) is 9.29. The summed E-state index contributed by atoms with van der Waals surface area (Å²) in [5, 5.41) is 0.760. The van der Waals surface area contributed by atoms with Crippen LogP contribution in [0.5, 0.6) is 0 Å². The minimum atomic E-state index is 0.152. The predicted molar refractivity (Wildman–Crippen MR) is 61.6 cm³/mol. The highest BCUT2D eigenvalue weighted by Crippen LogP contribution is 2.12. The van der Waals surface area contributed by atoms with Gasteiger partial charge in [0.05, 0.1) is 6.10 Å². The van der Waals surface area contributed by atoms with Gasteiger partial charge in [-0.15, -0.1) is 0 Å². The average Bonchev–Trinajstić information content (AvgIpc) is 2.15. The SMILES string of the molecule is CCOC(C)/C=C/c1cccc(Cl)c1. The van der Waals surface area contributed by atoms with Gasteiger partial charge in [0.2, 0.25) is 0 Å². The third-order valence-corrected chi connectivity index (χ3v) is 2.07. The Morgan fingerprint density at radius 2 is 2.29 bits per heavy atom. The first kappa shape index (κ1) is 11.3. The minimum absolute atomic E-state index is 0.152. The largest absolute Gasteiger partial charge is 0.375 e. The number of benzene rings is 1. The Morgan fingerprint density at radius 1 is 1.50 bits per heavy atom. The van der Waals surface area contributed by atoms with E-state index in [-0.39, 0.29) is 6.10 Å². The van der Waals surface area contributed by atoms with Crippen LogP contribution in [0.25, 0.3) is 6.08 Å². The van der Waals surface area contributed by atoms with Gasteiger partial charge < -0.3 is 4.74 Å². The van der Waals surface area contributed by atoms with Gasteiger partial charge >= 0.3 is 0 Å². The fourth-order valence-electron chi connectivity index (χ4n) is 1.18. The monoisotopic (exact) mass is 210 g/mol. The van der Waals surface area contributed by atoms with Crippen molar-refractivity contribution in [1.29, 1.82) is 0 Å². The summed E-state index contributed by atoms with van der Waals surface area (Å²) in [4.78, 5) is 0. The molecule has 0 amide bonds. The molecule has 0 aliphatic heterocycles. The summed E-state index contributed by atoms with van der Waals surface area (Å²) in [6.45, 7) is 4.75. The molecule has 0 N–H and O–H groups in total. The lowest BCUT2D eigenvalue weighted by Gasteiger charge is -2.04. The minimum Gasteiger partial charge on any atom is -0.375 e. The van der Waals surface area contributed by atoms with E-state index in [1.165, 1.54) is 0 Å². The van der Waals surface area contributed by atoms with Crippen molar-refractivity contribution in [2.75, 3.05) is 6.61 Å². The van der Waals surface area contributed by atoms with Gasteiger partial charge in [-0.3, -0.25) is 0 Å². The maximum absolute atomic E-state index is 5.86. The van der Waals surface area contributed by atoms with Crippen LogP contribution in [0.1, 0.15) is 19.4 Å². The molecule has 1 unspecified atom stereocenters. The first-order valence-corrected chi connectivity index (χ1v) is 5.15. The third kappa shape index (κ3) is 3.95. The molecule has 1 rings (SSSR count). The molecule has 2 heteroatoms. The zero-order valence-electron chi connectivity index (χ0n) is 8.53. The first-order valence-electron chi connectivity index (χ1n) is 4.77. The Kier molecular flexibility index (Phi) is 4.71. The van der Waals surface area contributed by atoms with Gasteiger partial charge in [0.1, 0.15) is 0 Å². The van der Waals surface area contributed by atoms with E-state index in [1.54, 1.807) is 0 Å². The molecule has 0 aromatic heterocycles. The van der Waals surface area contributed by atoms with E-state index in [0.717, 1.165) is 17.2 Å². The first-order chi connectivity index (χ1) is 6.72. The van der Waals surface area contributed by atoms with E-state index in [1.807, 2.05) is 50.3 Å². The number of hydrogen-bond donors (Lipinski definition) is 0. The highest BCUT2D eigenvalue weighted by Gasteiger charge is 1.94. The molecule has 0 aliphatic carbocycles. The second-order valence-corrected chi connectivity index (χ2v) is 3.51. The molecule has 0 saturated heterocycles. The van der Waals surface area contributed by atoms with Crippen LogP contribution in [0.2, 0.25) is 5.02 Å². The molecule has 14 heavy (non-hydrogen) atoms. The Hall–Kier alpha value is -0.790. The maximum atomic E-state index is 5.86. The van der Waals surface area contributed by atoms with Crippen molar-refractivity contribution in [2.24, 2.45) is 0 Å². The van der Waals surface area contributed by atoms with E-state index in [4.69, 9.17) is 16.3 Å². The van der Waals surface area contributed by atoms with Gasteiger partial charge in [-0.05, 0) is 31.5 Å². The Balaban J connectivity index is 2.59. The van der Waals surface area contributed by atoms with E-state index in [0.29, 0.717) is 0 Å². The van der Waals surface area contributed by atoms with Gasteiger partial charge in [0, 0.05) is 11.6 Å². The highest BCUT2D eigenvalue weighted by atomic mass is 35.5. The van der Waals surface area contributed by atoms with Crippen LogP contribution in [0.3, 0.4) is 0 Å². The van der Waals surface area contributed by atoms with Crippen molar-refractivity contribution in [3.63, 3.8) is 0 Å². The van der Waals surface area contributed by atoms with Crippen LogP contribution in [-0.4, -0.2) is 12.7 Å². The van der Waals surface area contributed by atoms with Gasteiger partial charge in [-0.2, -0.15) is 0 Å². The Labute approximate surface area is 90.3 Å². The summed E-state index contributed by atoms with van der Waals surface area (Å²) in [7, 11) is 0. The van der Waals surface area contributed by atoms with Crippen molar-refractivity contribution >= 4 is 17.7 Å². The van der Waals surface area contributed by atoms with Crippen LogP contribution >= 0.6 is 11.6 Å². The van der Waals surface area contributed by atoms with E-state index in [2.05, 4.69) is 0 Å². The van der Waals surface area contributed by atoms with E-state index in [9.17, 15) is 0 Å². The number of hydrogen-bond acceptors (Lipinski definition) is 1. The van der Waals surface area contributed by atoms with Gasteiger partial charge in [0.15, 0.2) is 0 Å². The maximum Gasteiger partial charge on any atom is 0.0730 e. The Bertz CT molecular complexity index is 307. The fraction of sp³-hybridized carbons (Fsp3) is 0.333. The molecular weight excluding hydrogens is 196 g/mol. The molecule has 0 fully saturated rings. The molecular formula is C12H15ClO. The van der Waals surface area contributed by atoms with Crippen LogP contribution in [-0.2, 0) is 4.74 Å². The standard InChI is InChI=1S/C12H15ClO/c1-3-14-10(2)7-8-11-5-4-6-12(13)9-11/h4-10H,3H2,1-2H3/b8-7+. The summed E-state index contributed by atoms with van der Waals surface area (Å²) in [5.74, 6) is 0. The number of ether oxygens (including phenoxy) is 1. The number of rotatable bonds is 4. The molecule has 1 nitrogen and oxygen atoms in total. The smallest absolute Gasteiger partial charge is 0.0730 e. The second-order valence-electron chi connectivity index (χ2n) is 3.07. The van der Waals surface area contributed by atoms with Crippen LogP contribution in [0.15, 0.2) is 30.3 Å². The van der Waals surface area contributed by atoms with Crippen molar-refractivity contribution in [1.82, 2.24) is 0 Å². The molecule has 1 atom stereocenters. The summed E-state index contributed by atoms with van der Waals surface area (Å²) >= 11 is 5.86. The molecule has 1 aromatic rings. The van der Waals surface area contributed by atoms with Crippen LogP contribution < -0.4 is 0 Å². The van der Waals surface area contributed by atoms with Crippen molar-refractivity contribution in [3.8, 4) is 0 Å². The summed E-state index contributed by atoms with van der Waals surface area (Å²) in [5.41, 5.74) is 1.10. The van der Waals surface area contributed by atoms with Crippen LogP contribution in [0, 0.1) is 0 Å². The number of halogens is 1. The van der Waals surface area contributed by atoms with Gasteiger partial charge in [-0.25, -0.2) is 0 Å². The summed E-state index contributed by atoms with van der Waals surface area (Å²) in [6, 6.07) is 7.75. The predicted octanol–water partition coefficient (Wildman–Crippen LogP) is 3.78. The van der Waals surface area contributed by atoms with Crippen molar-refractivity contribution < 1.29 is 4.74 Å². The van der Waals surface area contributed by atoms with E-state index < -0.39 is 0 Å². The summed E-state index contributed by atoms with van der Waals surface area (Å²) in [6.07, 6.45) is 4.19. The molecule has 1 aromatic carbocycles. The molecule has 0 spiro atoms. The van der Waals surface area contributed by atoms with Crippen molar-refractivity contribution in [2.45, 2.75) is 20.0 Å². The lowest BCUT2D eigenvalue weighted by molar-refractivity contribution is 0.110. The molecule has 0 radical (unpaired) electrons. The zero-order chi connectivity index (χ0) is 10.4. The quantitative estimate of drug-likeness (QED) is 0.735. The average molecular weight is 211 g/mol. The normalized spacial score (nSPS) is 13.4. The molecule has 0 saturated carbocycles. The molecule has 0 aliphatic rings. The topological polar surface area (TPSA) is 9.23 Å². The lowest BCUT2D eigenvalue weighted by atomic mass is 10.2. The second kappa shape index (κ2) is 5.84. The lowest BCUT2D eigenvalue weighted by Crippen LogP contribution is -2.02. The van der Waals surface area contributed by atoms with Crippen LogP contribution in [0.4, 0.5) is 0 Å². The molecule has 76 valence electrons. The summed E-state index contributed by atoms with van der Waals surface area (Å²) < 4.78 is 5.37. The fourth-order valence-corrected chi connectivity index (χ4v) is 1.37. The highest BCUT2D eigenvalue weighted by molar-refractivity contribution is 6.30. The van der Waals surface area contributed by atoms with Gasteiger partial charge in [0.25, 0.3) is 0 Å². The molecule has 0 bridgehead atoms.